The zero-order valence-corrected chi connectivity index (χ0v) is 13.0. The first kappa shape index (κ1) is 15.9. The van der Waals surface area contributed by atoms with Gasteiger partial charge in [0.05, 0.1) is 10.9 Å². The maximum Gasteiger partial charge on any atom is 0.243 e. The summed E-state index contributed by atoms with van der Waals surface area (Å²) in [5.74, 6) is -0.258. The summed E-state index contributed by atoms with van der Waals surface area (Å²) in [5, 5.41) is 2.79. The normalized spacial score (nSPS) is 24.7. The summed E-state index contributed by atoms with van der Waals surface area (Å²) in [6, 6.07) is 7.38. The topological polar surface area (TPSA) is 92.5 Å². The predicted molar refractivity (Wildman–Crippen MR) is 80.0 cm³/mol. The average Bonchev–Trinajstić information content (AvgIpc) is 2.81. The smallest absolute Gasteiger partial charge is 0.243 e. The molecule has 1 heterocycles. The van der Waals surface area contributed by atoms with E-state index >= 15 is 0 Å². The van der Waals surface area contributed by atoms with Gasteiger partial charge in [-0.25, -0.2) is 8.42 Å². The fraction of sp³-hybridized carbons (Fsp3) is 0.500. The van der Waals surface area contributed by atoms with E-state index in [1.165, 1.54) is 4.31 Å². The van der Waals surface area contributed by atoms with Crippen molar-refractivity contribution in [2.45, 2.75) is 43.3 Å². The van der Waals surface area contributed by atoms with Crippen LogP contribution < -0.4 is 11.1 Å². The Bertz CT molecular complexity index is 601. The molecule has 1 aromatic carbocycles. The van der Waals surface area contributed by atoms with Gasteiger partial charge >= 0.3 is 0 Å². The second-order valence-electron chi connectivity index (χ2n) is 5.47. The van der Waals surface area contributed by atoms with E-state index in [1.807, 2.05) is 6.92 Å². The monoisotopic (exact) mass is 311 g/mol. The zero-order chi connectivity index (χ0) is 15.6. The highest BCUT2D eigenvalue weighted by atomic mass is 32.2. The van der Waals surface area contributed by atoms with Gasteiger partial charge in [0.2, 0.25) is 15.9 Å². The fourth-order valence-corrected chi connectivity index (χ4v) is 4.21. The summed E-state index contributed by atoms with van der Waals surface area (Å²) in [4.78, 5) is 11.9. The van der Waals surface area contributed by atoms with E-state index in [9.17, 15) is 13.2 Å². The minimum Gasteiger partial charge on any atom is -0.351 e. The summed E-state index contributed by atoms with van der Waals surface area (Å²) in [5.41, 5.74) is 5.52. The molecule has 1 aliphatic heterocycles. The first-order chi connectivity index (χ1) is 9.82. The van der Waals surface area contributed by atoms with Crippen molar-refractivity contribution >= 4 is 15.9 Å². The predicted octanol–water partition coefficient (Wildman–Crippen LogP) is 0.302. The second-order valence-corrected chi connectivity index (χ2v) is 7.36. The van der Waals surface area contributed by atoms with Gasteiger partial charge in [-0.3, -0.25) is 4.79 Å². The Labute approximate surface area is 125 Å². The van der Waals surface area contributed by atoms with Gasteiger partial charge in [-0.05, 0) is 32.4 Å². The highest BCUT2D eigenvalue weighted by Crippen LogP contribution is 2.25. The van der Waals surface area contributed by atoms with Crippen molar-refractivity contribution in [2.75, 3.05) is 6.54 Å². The lowest BCUT2D eigenvalue weighted by molar-refractivity contribution is -0.122. The molecule has 2 rings (SSSR count). The highest BCUT2D eigenvalue weighted by Gasteiger charge is 2.38. The van der Waals surface area contributed by atoms with Crippen molar-refractivity contribution in [1.82, 2.24) is 9.62 Å². The zero-order valence-electron chi connectivity index (χ0n) is 12.2. The van der Waals surface area contributed by atoms with Crippen molar-refractivity contribution in [1.29, 1.82) is 0 Å². The third-order valence-corrected chi connectivity index (χ3v) is 5.62. The lowest BCUT2D eigenvalue weighted by Crippen LogP contribution is -2.45. The van der Waals surface area contributed by atoms with Crippen LogP contribution in [0.4, 0.5) is 0 Å². The number of carbonyl (C=O) groups is 1. The third-order valence-electron chi connectivity index (χ3n) is 3.63. The number of carbonyl (C=O) groups excluding carboxylic acids is 1. The van der Waals surface area contributed by atoms with E-state index in [4.69, 9.17) is 5.73 Å². The first-order valence-electron chi connectivity index (χ1n) is 6.95. The van der Waals surface area contributed by atoms with E-state index in [0.29, 0.717) is 6.42 Å². The van der Waals surface area contributed by atoms with Crippen LogP contribution in [-0.2, 0) is 14.8 Å². The van der Waals surface area contributed by atoms with Crippen molar-refractivity contribution in [2.24, 2.45) is 5.73 Å². The summed E-state index contributed by atoms with van der Waals surface area (Å²) >= 11 is 0. The van der Waals surface area contributed by atoms with Crippen LogP contribution in [0.5, 0.6) is 0 Å². The number of benzene rings is 1. The van der Waals surface area contributed by atoms with Gasteiger partial charge in [0.1, 0.15) is 0 Å². The maximum absolute atomic E-state index is 12.6. The van der Waals surface area contributed by atoms with Crippen molar-refractivity contribution in [3.8, 4) is 0 Å². The quantitative estimate of drug-likeness (QED) is 0.836. The number of hydrogen-bond donors (Lipinski definition) is 2. The number of nitrogens with one attached hydrogen (secondary N) is 1. The molecular formula is C14H21N3O3S. The van der Waals surface area contributed by atoms with Crippen LogP contribution in [0.1, 0.15) is 20.3 Å². The van der Waals surface area contributed by atoms with Crippen LogP contribution in [0.3, 0.4) is 0 Å². The van der Waals surface area contributed by atoms with E-state index in [1.54, 1.807) is 37.3 Å². The molecule has 1 aromatic rings. The van der Waals surface area contributed by atoms with E-state index < -0.39 is 16.1 Å². The molecule has 0 saturated carbocycles. The molecule has 7 heteroatoms. The molecule has 1 aliphatic rings. The molecule has 0 aliphatic carbocycles. The van der Waals surface area contributed by atoms with Gasteiger partial charge in [0.15, 0.2) is 0 Å². The molecule has 0 bridgehead atoms. The van der Waals surface area contributed by atoms with Crippen LogP contribution in [-0.4, -0.2) is 43.3 Å². The Kier molecular flexibility index (Phi) is 4.65. The van der Waals surface area contributed by atoms with E-state index in [0.717, 1.165) is 0 Å². The first-order valence-corrected chi connectivity index (χ1v) is 8.39. The molecule has 0 aromatic heterocycles. The van der Waals surface area contributed by atoms with Crippen LogP contribution in [0.2, 0.25) is 0 Å². The van der Waals surface area contributed by atoms with Gasteiger partial charge in [0.25, 0.3) is 0 Å². The number of nitrogens with zero attached hydrogens (tertiary/aromatic N) is 1. The molecule has 0 spiro atoms. The second kappa shape index (κ2) is 6.13. The van der Waals surface area contributed by atoms with Gasteiger partial charge in [-0.2, -0.15) is 4.31 Å². The molecule has 1 amide bonds. The Morgan fingerprint density at radius 3 is 2.57 bits per heavy atom. The summed E-state index contributed by atoms with van der Waals surface area (Å²) in [7, 11) is -3.53. The van der Waals surface area contributed by atoms with Crippen molar-refractivity contribution in [3.05, 3.63) is 30.3 Å². The molecular weight excluding hydrogens is 290 g/mol. The summed E-state index contributed by atoms with van der Waals surface area (Å²) in [6.07, 6.45) is 0.588. The standard InChI is InChI=1S/C14H21N3O3S/c1-10-8-12(16-14(18)11(2)15)9-17(10)21(19,20)13-6-4-3-5-7-13/h3-7,10-12H,8-9,15H2,1-2H3,(H,16,18). The molecule has 6 nitrogen and oxygen atoms in total. The molecule has 1 fully saturated rings. The number of hydrogen-bond acceptors (Lipinski definition) is 4. The molecule has 1 saturated heterocycles. The summed E-state index contributed by atoms with van der Waals surface area (Å²) < 4.78 is 26.6. The largest absolute Gasteiger partial charge is 0.351 e. The number of amides is 1. The maximum atomic E-state index is 12.6. The minimum atomic E-state index is -3.53. The molecule has 21 heavy (non-hydrogen) atoms. The number of nitrogens with two attached hydrogens (primary N) is 1. The van der Waals surface area contributed by atoms with E-state index in [2.05, 4.69) is 5.32 Å². The fourth-order valence-electron chi connectivity index (χ4n) is 2.50. The number of sulfonamides is 1. The van der Waals surface area contributed by atoms with Crippen LogP contribution in [0.15, 0.2) is 35.2 Å². The molecule has 116 valence electrons. The molecule has 3 atom stereocenters. The summed E-state index contributed by atoms with van der Waals surface area (Å²) in [6.45, 7) is 3.72. The lowest BCUT2D eigenvalue weighted by atomic mass is 10.2. The van der Waals surface area contributed by atoms with Gasteiger partial charge < -0.3 is 11.1 Å². The van der Waals surface area contributed by atoms with Gasteiger partial charge in [0, 0.05) is 18.6 Å². The Hall–Kier alpha value is -1.44. The Morgan fingerprint density at radius 1 is 1.38 bits per heavy atom. The number of rotatable bonds is 4. The minimum absolute atomic E-state index is 0.159. The van der Waals surface area contributed by atoms with Crippen molar-refractivity contribution < 1.29 is 13.2 Å². The average molecular weight is 311 g/mol. The van der Waals surface area contributed by atoms with Gasteiger partial charge in [-0.1, -0.05) is 18.2 Å². The van der Waals surface area contributed by atoms with Crippen LogP contribution >= 0.6 is 0 Å². The molecule has 0 radical (unpaired) electrons. The Balaban J connectivity index is 2.13. The van der Waals surface area contributed by atoms with Crippen LogP contribution in [0.25, 0.3) is 0 Å². The SMILES string of the molecule is CC(N)C(=O)NC1CC(C)N(S(=O)(=O)c2ccccc2)C1. The highest BCUT2D eigenvalue weighted by molar-refractivity contribution is 7.89. The van der Waals surface area contributed by atoms with E-state index in [-0.39, 0.29) is 29.4 Å². The van der Waals surface area contributed by atoms with Crippen LogP contribution in [0, 0.1) is 0 Å². The lowest BCUT2D eigenvalue weighted by Gasteiger charge is -2.21. The molecule has 3 unspecified atom stereocenters. The van der Waals surface area contributed by atoms with Gasteiger partial charge in [-0.15, -0.1) is 0 Å². The third kappa shape index (κ3) is 3.42. The molecule has 3 N–H and O–H groups in total. The van der Waals surface area contributed by atoms with Crippen molar-refractivity contribution in [3.63, 3.8) is 0 Å². The Morgan fingerprint density at radius 2 is 2.00 bits per heavy atom.